The highest BCUT2D eigenvalue weighted by Crippen LogP contribution is 2.31. The standard InChI is InChI=1S/C25H24ClN5O2S/c1-15(33-22-11-18(12-28-24(22)27)19-13-29-31(2)14-19)16-5-4-6-20(9-16)30-25(32)17-7-8-23(34-3)21(26)10-17/h4-15H,1-3H3,(H2,27,28)(H,30,32)/t15-/m1/s1. The number of amides is 1. The summed E-state index contributed by atoms with van der Waals surface area (Å²) in [4.78, 5) is 17.9. The van der Waals surface area contributed by atoms with Crippen LogP contribution in [-0.4, -0.2) is 26.9 Å². The Kier molecular flexibility index (Phi) is 7.09. The highest BCUT2D eigenvalue weighted by molar-refractivity contribution is 7.98. The monoisotopic (exact) mass is 493 g/mol. The Bertz CT molecular complexity index is 1340. The van der Waals surface area contributed by atoms with Crippen molar-refractivity contribution in [1.82, 2.24) is 14.8 Å². The van der Waals surface area contributed by atoms with Gasteiger partial charge in [0.15, 0.2) is 11.6 Å². The third kappa shape index (κ3) is 5.35. The van der Waals surface area contributed by atoms with Crippen molar-refractivity contribution >= 4 is 40.8 Å². The summed E-state index contributed by atoms with van der Waals surface area (Å²) in [7, 11) is 1.85. The second kappa shape index (κ2) is 10.2. The first-order valence-electron chi connectivity index (χ1n) is 10.5. The number of thioether (sulfide) groups is 1. The predicted octanol–water partition coefficient (Wildman–Crippen LogP) is 5.83. The van der Waals surface area contributed by atoms with Gasteiger partial charge in [-0.25, -0.2) is 4.98 Å². The van der Waals surface area contributed by atoms with Crippen molar-refractivity contribution < 1.29 is 9.53 Å². The second-order valence-corrected chi connectivity index (χ2v) is 8.95. The molecule has 0 spiro atoms. The van der Waals surface area contributed by atoms with Gasteiger partial charge in [0.25, 0.3) is 5.91 Å². The van der Waals surface area contributed by atoms with Gasteiger partial charge in [-0.2, -0.15) is 5.10 Å². The largest absolute Gasteiger partial charge is 0.482 e. The summed E-state index contributed by atoms with van der Waals surface area (Å²) in [6.45, 7) is 1.91. The number of nitrogens with two attached hydrogens (primary N) is 1. The first kappa shape index (κ1) is 23.7. The highest BCUT2D eigenvalue weighted by atomic mass is 35.5. The Morgan fingerprint density at radius 1 is 1.18 bits per heavy atom. The van der Waals surface area contributed by atoms with Crippen LogP contribution in [0.15, 0.2) is 72.0 Å². The molecule has 3 N–H and O–H groups in total. The molecule has 0 aliphatic heterocycles. The van der Waals surface area contributed by atoms with Crippen molar-refractivity contribution in [2.24, 2.45) is 7.05 Å². The van der Waals surface area contributed by atoms with Crippen LogP contribution in [0.1, 0.15) is 28.9 Å². The Balaban J connectivity index is 1.49. The lowest BCUT2D eigenvalue weighted by Gasteiger charge is -2.18. The van der Waals surface area contributed by atoms with Crippen molar-refractivity contribution in [3.8, 4) is 16.9 Å². The maximum atomic E-state index is 12.7. The van der Waals surface area contributed by atoms with E-state index in [-0.39, 0.29) is 12.0 Å². The lowest BCUT2D eigenvalue weighted by molar-refractivity contribution is 0.102. The number of carbonyl (C=O) groups excluding carboxylic acids is 1. The predicted molar refractivity (Wildman–Crippen MR) is 138 cm³/mol. The normalized spacial score (nSPS) is 11.8. The summed E-state index contributed by atoms with van der Waals surface area (Å²) in [6.07, 6.45) is 6.95. The van der Waals surface area contributed by atoms with Crippen LogP contribution in [-0.2, 0) is 7.05 Å². The van der Waals surface area contributed by atoms with Crippen molar-refractivity contribution in [3.05, 3.63) is 83.3 Å². The first-order valence-corrected chi connectivity index (χ1v) is 12.1. The molecule has 7 nitrogen and oxygen atoms in total. The summed E-state index contributed by atoms with van der Waals surface area (Å²) >= 11 is 7.78. The average Bonchev–Trinajstić information content (AvgIpc) is 3.26. The number of nitrogens with one attached hydrogen (secondary N) is 1. The molecule has 2 heterocycles. The summed E-state index contributed by atoms with van der Waals surface area (Å²) < 4.78 is 7.86. The summed E-state index contributed by atoms with van der Waals surface area (Å²) in [6, 6.07) is 14.6. The summed E-state index contributed by atoms with van der Waals surface area (Å²) in [5.41, 5.74) is 9.86. The van der Waals surface area contributed by atoms with Crippen LogP contribution in [0.5, 0.6) is 5.75 Å². The number of aromatic nitrogens is 3. The summed E-state index contributed by atoms with van der Waals surface area (Å²) in [5, 5.41) is 7.67. The second-order valence-electron chi connectivity index (χ2n) is 7.70. The van der Waals surface area contributed by atoms with Crippen LogP contribution < -0.4 is 15.8 Å². The fourth-order valence-electron chi connectivity index (χ4n) is 3.42. The minimum absolute atomic E-state index is 0.238. The van der Waals surface area contributed by atoms with Gasteiger partial charge in [-0.15, -0.1) is 11.8 Å². The fraction of sp³-hybridized carbons (Fsp3) is 0.160. The lowest BCUT2D eigenvalue weighted by Crippen LogP contribution is -2.12. The number of hydrogen-bond acceptors (Lipinski definition) is 6. The first-order chi connectivity index (χ1) is 16.3. The van der Waals surface area contributed by atoms with Crippen LogP contribution in [0.2, 0.25) is 5.02 Å². The minimum Gasteiger partial charge on any atom is -0.482 e. The number of anilines is 2. The van der Waals surface area contributed by atoms with Crippen LogP contribution in [0, 0.1) is 0 Å². The number of aryl methyl sites for hydroxylation is 1. The number of benzene rings is 2. The van der Waals surface area contributed by atoms with Gasteiger partial charge in [0.1, 0.15) is 6.10 Å². The molecule has 0 bridgehead atoms. The molecule has 4 aromatic rings. The highest BCUT2D eigenvalue weighted by Gasteiger charge is 2.14. The molecule has 0 fully saturated rings. The van der Waals surface area contributed by atoms with Crippen LogP contribution in [0.3, 0.4) is 0 Å². The molecule has 1 atom stereocenters. The van der Waals surface area contributed by atoms with Gasteiger partial charge in [0, 0.05) is 46.7 Å². The van der Waals surface area contributed by atoms with Crippen LogP contribution in [0.4, 0.5) is 11.5 Å². The Hall–Kier alpha value is -3.49. The molecule has 0 unspecified atom stereocenters. The zero-order chi connectivity index (χ0) is 24.2. The average molecular weight is 494 g/mol. The number of pyridine rings is 1. The van der Waals surface area contributed by atoms with E-state index in [0.717, 1.165) is 21.6 Å². The van der Waals surface area contributed by atoms with Crippen LogP contribution >= 0.6 is 23.4 Å². The zero-order valence-corrected chi connectivity index (χ0v) is 20.5. The van der Waals surface area contributed by atoms with Crippen molar-refractivity contribution in [2.75, 3.05) is 17.3 Å². The zero-order valence-electron chi connectivity index (χ0n) is 18.9. The Morgan fingerprint density at radius 2 is 2.00 bits per heavy atom. The number of carbonyl (C=O) groups is 1. The molecule has 0 aliphatic rings. The van der Waals surface area contributed by atoms with Gasteiger partial charge in [0.2, 0.25) is 0 Å². The van der Waals surface area contributed by atoms with E-state index in [1.807, 2.05) is 62.8 Å². The number of rotatable bonds is 7. The van der Waals surface area contributed by atoms with E-state index in [1.54, 1.807) is 29.2 Å². The quantitative estimate of drug-likeness (QED) is 0.314. The van der Waals surface area contributed by atoms with Crippen LogP contribution in [0.25, 0.3) is 11.1 Å². The van der Waals surface area contributed by atoms with Crippen molar-refractivity contribution in [3.63, 3.8) is 0 Å². The van der Waals surface area contributed by atoms with Gasteiger partial charge >= 0.3 is 0 Å². The third-order valence-electron chi connectivity index (χ3n) is 5.25. The molecular formula is C25H24ClN5O2S. The molecule has 34 heavy (non-hydrogen) atoms. The lowest BCUT2D eigenvalue weighted by atomic mass is 10.1. The van der Waals surface area contributed by atoms with Crippen molar-refractivity contribution in [2.45, 2.75) is 17.9 Å². The number of nitrogens with zero attached hydrogens (tertiary/aromatic N) is 3. The molecule has 2 aromatic carbocycles. The maximum Gasteiger partial charge on any atom is 0.255 e. The maximum absolute atomic E-state index is 12.7. The van der Waals surface area contributed by atoms with E-state index >= 15 is 0 Å². The molecular weight excluding hydrogens is 470 g/mol. The van der Waals surface area contributed by atoms with E-state index in [4.69, 9.17) is 22.1 Å². The van der Waals surface area contributed by atoms with E-state index in [0.29, 0.717) is 27.8 Å². The molecule has 2 aromatic heterocycles. The van der Waals surface area contributed by atoms with E-state index in [2.05, 4.69) is 15.4 Å². The van der Waals surface area contributed by atoms with Gasteiger partial charge < -0.3 is 15.8 Å². The third-order valence-corrected chi connectivity index (χ3v) is 6.47. The number of halogens is 1. The molecule has 0 aliphatic carbocycles. The number of hydrogen-bond donors (Lipinski definition) is 2. The number of nitrogen functional groups attached to an aromatic ring is 1. The molecule has 9 heteroatoms. The molecule has 4 rings (SSSR count). The minimum atomic E-state index is -0.333. The van der Waals surface area contributed by atoms with Crippen molar-refractivity contribution in [1.29, 1.82) is 0 Å². The molecule has 0 radical (unpaired) electrons. The molecule has 174 valence electrons. The smallest absolute Gasteiger partial charge is 0.255 e. The molecule has 1 amide bonds. The topological polar surface area (TPSA) is 95.1 Å². The molecule has 0 saturated carbocycles. The van der Waals surface area contributed by atoms with Gasteiger partial charge in [-0.1, -0.05) is 23.7 Å². The summed E-state index contributed by atoms with van der Waals surface area (Å²) in [5.74, 6) is 0.541. The van der Waals surface area contributed by atoms with Gasteiger partial charge in [0.05, 0.1) is 11.2 Å². The Labute approximate surface area is 207 Å². The van der Waals surface area contributed by atoms with E-state index in [1.165, 1.54) is 11.8 Å². The van der Waals surface area contributed by atoms with Gasteiger partial charge in [-0.05, 0) is 55.1 Å². The van der Waals surface area contributed by atoms with E-state index < -0.39 is 0 Å². The SMILES string of the molecule is CSc1ccc(C(=O)Nc2cccc([C@@H](C)Oc3cc(-c4cnn(C)c4)cnc3N)c2)cc1Cl. The Morgan fingerprint density at radius 3 is 2.71 bits per heavy atom. The molecule has 0 saturated heterocycles. The fourth-order valence-corrected chi connectivity index (χ4v) is 4.29. The van der Waals surface area contributed by atoms with E-state index in [9.17, 15) is 4.79 Å². The number of ether oxygens (including phenoxy) is 1. The van der Waals surface area contributed by atoms with Gasteiger partial charge in [-0.3, -0.25) is 9.48 Å².